The Morgan fingerprint density at radius 1 is 1.47 bits per heavy atom. The molecule has 0 aromatic heterocycles. The van der Waals surface area contributed by atoms with Crippen LogP contribution in [0.15, 0.2) is 18.2 Å². The second-order valence-electron chi connectivity index (χ2n) is 3.80. The van der Waals surface area contributed by atoms with Crippen LogP contribution in [0, 0.1) is 0 Å². The first kappa shape index (κ1) is 10.5. The van der Waals surface area contributed by atoms with E-state index in [1.54, 1.807) is 12.1 Å². The molecule has 0 radical (unpaired) electrons. The summed E-state index contributed by atoms with van der Waals surface area (Å²) in [7, 11) is 0. The Morgan fingerprint density at radius 2 is 2.27 bits per heavy atom. The molecule has 0 spiro atoms. The summed E-state index contributed by atoms with van der Waals surface area (Å²) in [6.07, 6.45) is 2.97. The SMILES string of the molecule is CCCCC1C(=O)Oc2ccc(Cl)cc21. The average molecular weight is 225 g/mol. The zero-order valence-corrected chi connectivity index (χ0v) is 9.38. The van der Waals surface area contributed by atoms with Crippen molar-refractivity contribution in [3.63, 3.8) is 0 Å². The summed E-state index contributed by atoms with van der Waals surface area (Å²) < 4.78 is 5.17. The smallest absolute Gasteiger partial charge is 0.318 e. The van der Waals surface area contributed by atoms with Gasteiger partial charge in [-0.3, -0.25) is 4.79 Å². The van der Waals surface area contributed by atoms with Crippen LogP contribution in [0.1, 0.15) is 37.7 Å². The lowest BCUT2D eigenvalue weighted by molar-refractivity contribution is -0.134. The fourth-order valence-electron chi connectivity index (χ4n) is 1.87. The Kier molecular flexibility index (Phi) is 2.96. The number of rotatable bonds is 3. The molecule has 15 heavy (non-hydrogen) atoms. The number of ether oxygens (including phenoxy) is 1. The number of hydrogen-bond acceptors (Lipinski definition) is 2. The van der Waals surface area contributed by atoms with Gasteiger partial charge in [0.1, 0.15) is 5.75 Å². The molecular formula is C12H13ClO2. The standard InChI is InChI=1S/C12H13ClO2/c1-2-3-4-9-10-7-8(13)5-6-11(10)15-12(9)14/h5-7,9H,2-4H2,1H3. The van der Waals surface area contributed by atoms with E-state index in [0.29, 0.717) is 10.8 Å². The predicted octanol–water partition coefficient (Wildman–Crippen LogP) is 3.53. The first-order valence-electron chi connectivity index (χ1n) is 5.23. The normalized spacial score (nSPS) is 18.8. The van der Waals surface area contributed by atoms with Crippen LogP contribution < -0.4 is 4.74 Å². The van der Waals surface area contributed by atoms with Gasteiger partial charge < -0.3 is 4.74 Å². The summed E-state index contributed by atoms with van der Waals surface area (Å²) in [6.45, 7) is 2.11. The molecule has 2 nitrogen and oxygen atoms in total. The van der Waals surface area contributed by atoms with Crippen molar-refractivity contribution in [2.75, 3.05) is 0 Å². The van der Waals surface area contributed by atoms with Gasteiger partial charge in [0.15, 0.2) is 0 Å². The minimum absolute atomic E-state index is 0.112. The van der Waals surface area contributed by atoms with Gasteiger partial charge in [-0.05, 0) is 24.6 Å². The average Bonchev–Trinajstić information content (AvgIpc) is 2.51. The number of unbranched alkanes of at least 4 members (excludes halogenated alkanes) is 1. The minimum Gasteiger partial charge on any atom is -0.426 e. The number of carbonyl (C=O) groups excluding carboxylic acids is 1. The van der Waals surface area contributed by atoms with Crippen LogP contribution >= 0.6 is 11.6 Å². The van der Waals surface area contributed by atoms with Crippen molar-refractivity contribution in [1.29, 1.82) is 0 Å². The third-order valence-corrected chi connectivity index (χ3v) is 2.92. The molecule has 1 aromatic rings. The molecule has 3 heteroatoms. The van der Waals surface area contributed by atoms with Gasteiger partial charge in [0.2, 0.25) is 0 Å². The molecular weight excluding hydrogens is 212 g/mol. The lowest BCUT2D eigenvalue weighted by Crippen LogP contribution is -2.09. The lowest BCUT2D eigenvalue weighted by atomic mass is 9.95. The monoisotopic (exact) mass is 224 g/mol. The van der Waals surface area contributed by atoms with Crippen molar-refractivity contribution in [1.82, 2.24) is 0 Å². The maximum Gasteiger partial charge on any atom is 0.318 e. The van der Waals surface area contributed by atoms with E-state index in [2.05, 4.69) is 6.92 Å². The number of halogens is 1. The van der Waals surface area contributed by atoms with Gasteiger partial charge in [-0.15, -0.1) is 0 Å². The van der Waals surface area contributed by atoms with Crippen LogP contribution in [-0.2, 0) is 4.79 Å². The highest BCUT2D eigenvalue weighted by Gasteiger charge is 2.32. The Hall–Kier alpha value is -1.02. The highest BCUT2D eigenvalue weighted by atomic mass is 35.5. The molecule has 0 saturated carbocycles. The van der Waals surface area contributed by atoms with Crippen LogP contribution in [0.5, 0.6) is 5.75 Å². The highest BCUT2D eigenvalue weighted by molar-refractivity contribution is 6.30. The molecule has 0 saturated heterocycles. The van der Waals surface area contributed by atoms with Gasteiger partial charge in [-0.25, -0.2) is 0 Å². The van der Waals surface area contributed by atoms with E-state index in [-0.39, 0.29) is 11.9 Å². The summed E-state index contributed by atoms with van der Waals surface area (Å²) in [4.78, 5) is 11.6. The molecule has 0 fully saturated rings. The molecule has 0 bridgehead atoms. The molecule has 0 amide bonds. The van der Waals surface area contributed by atoms with Crippen molar-refractivity contribution < 1.29 is 9.53 Å². The zero-order valence-electron chi connectivity index (χ0n) is 8.63. The summed E-state index contributed by atoms with van der Waals surface area (Å²) >= 11 is 5.90. The van der Waals surface area contributed by atoms with Gasteiger partial charge in [0.25, 0.3) is 0 Å². The minimum atomic E-state index is -0.138. The fraction of sp³-hybridized carbons (Fsp3) is 0.417. The topological polar surface area (TPSA) is 26.3 Å². The molecule has 1 aliphatic heterocycles. The van der Waals surface area contributed by atoms with Crippen LogP contribution in [0.3, 0.4) is 0 Å². The van der Waals surface area contributed by atoms with Crippen LogP contribution in [0.25, 0.3) is 0 Å². The predicted molar refractivity (Wildman–Crippen MR) is 59.4 cm³/mol. The number of fused-ring (bicyclic) bond motifs is 1. The van der Waals surface area contributed by atoms with E-state index in [1.165, 1.54) is 0 Å². The van der Waals surface area contributed by atoms with Crippen molar-refractivity contribution >= 4 is 17.6 Å². The summed E-state index contributed by atoms with van der Waals surface area (Å²) in [5.74, 6) is 0.421. The van der Waals surface area contributed by atoms with Gasteiger partial charge >= 0.3 is 5.97 Å². The van der Waals surface area contributed by atoms with Crippen LogP contribution in [0.4, 0.5) is 0 Å². The largest absolute Gasteiger partial charge is 0.426 e. The van der Waals surface area contributed by atoms with Gasteiger partial charge in [0.05, 0.1) is 5.92 Å². The Morgan fingerprint density at radius 3 is 3.00 bits per heavy atom. The van der Waals surface area contributed by atoms with E-state index in [9.17, 15) is 4.79 Å². The van der Waals surface area contributed by atoms with Crippen LogP contribution in [-0.4, -0.2) is 5.97 Å². The molecule has 2 rings (SSSR count). The fourth-order valence-corrected chi connectivity index (χ4v) is 2.05. The Bertz CT molecular complexity index is 387. The highest BCUT2D eigenvalue weighted by Crippen LogP contribution is 2.39. The molecule has 1 unspecified atom stereocenters. The summed E-state index contributed by atoms with van der Waals surface area (Å²) in [5.41, 5.74) is 0.945. The first-order chi connectivity index (χ1) is 7.22. The molecule has 80 valence electrons. The molecule has 1 atom stereocenters. The Balaban J connectivity index is 2.27. The van der Waals surface area contributed by atoms with E-state index in [1.807, 2.05) is 6.07 Å². The van der Waals surface area contributed by atoms with E-state index >= 15 is 0 Å². The quantitative estimate of drug-likeness (QED) is 0.580. The molecule has 1 aliphatic rings. The summed E-state index contributed by atoms with van der Waals surface area (Å²) in [5, 5.41) is 0.661. The van der Waals surface area contributed by atoms with Crippen molar-refractivity contribution in [3.8, 4) is 5.75 Å². The van der Waals surface area contributed by atoms with Gasteiger partial charge in [0, 0.05) is 10.6 Å². The van der Waals surface area contributed by atoms with Gasteiger partial charge in [-0.2, -0.15) is 0 Å². The maximum absolute atomic E-state index is 11.6. The van der Waals surface area contributed by atoms with Crippen LogP contribution in [0.2, 0.25) is 5.02 Å². The second-order valence-corrected chi connectivity index (χ2v) is 4.23. The van der Waals surface area contributed by atoms with E-state index in [0.717, 1.165) is 24.8 Å². The van der Waals surface area contributed by atoms with E-state index < -0.39 is 0 Å². The number of esters is 1. The van der Waals surface area contributed by atoms with E-state index in [4.69, 9.17) is 16.3 Å². The summed E-state index contributed by atoms with van der Waals surface area (Å²) in [6, 6.07) is 5.35. The Labute approximate surface area is 94.2 Å². The second kappa shape index (κ2) is 4.23. The molecule has 1 aromatic carbocycles. The van der Waals surface area contributed by atoms with Crippen molar-refractivity contribution in [2.45, 2.75) is 32.1 Å². The molecule has 0 aliphatic carbocycles. The third-order valence-electron chi connectivity index (χ3n) is 2.69. The number of hydrogen-bond donors (Lipinski definition) is 0. The zero-order chi connectivity index (χ0) is 10.8. The van der Waals surface area contributed by atoms with Gasteiger partial charge in [-0.1, -0.05) is 31.4 Å². The molecule has 1 heterocycles. The maximum atomic E-state index is 11.6. The third kappa shape index (κ3) is 2.00. The number of benzene rings is 1. The van der Waals surface area contributed by atoms with Crippen molar-refractivity contribution in [3.05, 3.63) is 28.8 Å². The number of carbonyl (C=O) groups is 1. The van der Waals surface area contributed by atoms with Crippen molar-refractivity contribution in [2.24, 2.45) is 0 Å². The molecule has 0 N–H and O–H groups in total. The first-order valence-corrected chi connectivity index (χ1v) is 5.61. The lowest BCUT2D eigenvalue weighted by Gasteiger charge is -2.05.